The first-order valence-corrected chi connectivity index (χ1v) is 11.1. The molecule has 0 aromatic heterocycles. The van der Waals surface area contributed by atoms with E-state index in [1.807, 2.05) is 18.2 Å². The van der Waals surface area contributed by atoms with Crippen LogP contribution in [-0.2, 0) is 22.2 Å². The lowest BCUT2D eigenvalue weighted by molar-refractivity contribution is -0.0290. The lowest BCUT2D eigenvalue weighted by Gasteiger charge is -2.43. The van der Waals surface area contributed by atoms with Crippen molar-refractivity contribution in [2.75, 3.05) is 0 Å². The van der Waals surface area contributed by atoms with Crippen LogP contribution in [0.4, 0.5) is 8.78 Å². The van der Waals surface area contributed by atoms with E-state index in [2.05, 4.69) is 0 Å². The van der Waals surface area contributed by atoms with Gasteiger partial charge in [-0.05, 0) is 42.9 Å². The third-order valence-corrected chi connectivity index (χ3v) is 7.77. The van der Waals surface area contributed by atoms with E-state index < -0.39 is 27.3 Å². The molecule has 2 aliphatic heterocycles. The normalized spacial score (nSPS) is 27.8. The van der Waals surface area contributed by atoms with Crippen LogP contribution in [0.15, 0.2) is 48.5 Å². The Morgan fingerprint density at radius 1 is 1.04 bits per heavy atom. The molecule has 0 aliphatic carbocycles. The Hall–Kier alpha value is -1.83. The van der Waals surface area contributed by atoms with Crippen molar-refractivity contribution in [2.45, 2.75) is 55.5 Å². The average Bonchev–Trinajstić information content (AvgIpc) is 2.92. The molecule has 2 atom stereocenters. The number of fused-ring (bicyclic) bond motifs is 2. The lowest BCUT2D eigenvalue weighted by Crippen LogP contribution is -2.54. The fourth-order valence-electron chi connectivity index (χ4n) is 4.76. The van der Waals surface area contributed by atoms with Gasteiger partial charge in [0.1, 0.15) is 11.6 Å². The molecule has 1 N–H and O–H groups in total. The number of halogens is 2. The minimum atomic E-state index is -3.51. The van der Waals surface area contributed by atoms with Crippen LogP contribution in [0.25, 0.3) is 0 Å². The van der Waals surface area contributed by atoms with E-state index in [9.17, 15) is 22.3 Å². The van der Waals surface area contributed by atoms with Crippen molar-refractivity contribution in [3.63, 3.8) is 0 Å². The molecule has 4 nitrogen and oxygen atoms in total. The largest absolute Gasteiger partial charge is 0.389 e. The Labute approximate surface area is 163 Å². The van der Waals surface area contributed by atoms with Gasteiger partial charge in [-0.3, -0.25) is 0 Å². The maximum Gasteiger partial charge on any atom is 0.218 e. The number of rotatable bonds is 5. The lowest BCUT2D eigenvalue weighted by atomic mass is 9.82. The Morgan fingerprint density at radius 2 is 1.68 bits per heavy atom. The first kappa shape index (κ1) is 19.5. The second-order valence-corrected chi connectivity index (χ2v) is 9.88. The Morgan fingerprint density at radius 3 is 2.29 bits per heavy atom. The second kappa shape index (κ2) is 7.21. The summed E-state index contributed by atoms with van der Waals surface area (Å²) < 4.78 is 54.8. The first-order valence-electron chi connectivity index (χ1n) is 9.47. The minimum absolute atomic E-state index is 0.0543. The van der Waals surface area contributed by atoms with Gasteiger partial charge in [0.15, 0.2) is 0 Å². The molecule has 2 bridgehead atoms. The number of aliphatic hydroxyl groups is 1. The van der Waals surface area contributed by atoms with E-state index >= 15 is 0 Å². The van der Waals surface area contributed by atoms with Crippen molar-refractivity contribution in [1.29, 1.82) is 0 Å². The molecule has 4 rings (SSSR count). The van der Waals surface area contributed by atoms with Crippen LogP contribution in [0.3, 0.4) is 0 Å². The van der Waals surface area contributed by atoms with Crippen LogP contribution in [0.1, 0.15) is 36.8 Å². The predicted octanol–water partition coefficient (Wildman–Crippen LogP) is 3.40. The smallest absolute Gasteiger partial charge is 0.218 e. The summed E-state index contributed by atoms with van der Waals surface area (Å²) in [5.74, 6) is -1.40. The maximum absolute atomic E-state index is 14.0. The van der Waals surface area contributed by atoms with E-state index in [1.165, 1.54) is 12.1 Å². The van der Waals surface area contributed by atoms with Crippen molar-refractivity contribution < 1.29 is 22.3 Å². The molecule has 150 valence electrons. The standard InChI is InChI=1S/C21H23F2NO3S/c22-17-7-6-16(20(23)10-17)11-21(25)12-18-8-9-19(13-21)24(18)28(26,27)14-15-4-2-1-3-5-15/h1-7,10,18-19,25H,8-9,11-14H2. The van der Waals surface area contributed by atoms with E-state index in [1.54, 1.807) is 16.4 Å². The van der Waals surface area contributed by atoms with Gasteiger partial charge in [-0.2, -0.15) is 4.31 Å². The second-order valence-electron chi connectivity index (χ2n) is 8.00. The monoisotopic (exact) mass is 407 g/mol. The third-order valence-electron chi connectivity index (χ3n) is 5.83. The molecule has 0 saturated carbocycles. The van der Waals surface area contributed by atoms with Crippen LogP contribution >= 0.6 is 0 Å². The van der Waals surface area contributed by atoms with Gasteiger partial charge >= 0.3 is 0 Å². The highest BCUT2D eigenvalue weighted by Crippen LogP contribution is 2.44. The maximum atomic E-state index is 14.0. The topological polar surface area (TPSA) is 57.6 Å². The van der Waals surface area contributed by atoms with Gasteiger partial charge in [0.2, 0.25) is 10.0 Å². The third kappa shape index (κ3) is 3.83. The molecule has 2 unspecified atom stereocenters. The summed E-state index contributed by atoms with van der Waals surface area (Å²) in [7, 11) is -3.51. The summed E-state index contributed by atoms with van der Waals surface area (Å²) in [6.07, 6.45) is 1.95. The summed E-state index contributed by atoms with van der Waals surface area (Å²) in [5.41, 5.74) is -0.205. The van der Waals surface area contributed by atoms with Gasteiger partial charge in [0, 0.05) is 24.6 Å². The van der Waals surface area contributed by atoms with Crippen molar-refractivity contribution in [3.05, 3.63) is 71.3 Å². The number of piperidine rings is 1. The molecule has 2 heterocycles. The molecule has 2 saturated heterocycles. The first-order chi connectivity index (χ1) is 13.3. The summed E-state index contributed by atoms with van der Waals surface area (Å²) in [5, 5.41) is 11.1. The molecule has 0 amide bonds. The Kier molecular flexibility index (Phi) is 5.02. The zero-order valence-electron chi connectivity index (χ0n) is 15.4. The van der Waals surface area contributed by atoms with E-state index in [-0.39, 0.29) is 42.7 Å². The SMILES string of the molecule is O=S(=O)(Cc1ccccc1)N1C2CCC1CC(O)(Cc1ccc(F)cc1F)C2. The highest BCUT2D eigenvalue weighted by atomic mass is 32.2. The highest BCUT2D eigenvalue weighted by Gasteiger charge is 2.51. The van der Waals surface area contributed by atoms with Gasteiger partial charge in [-0.15, -0.1) is 0 Å². The zero-order valence-corrected chi connectivity index (χ0v) is 16.2. The number of sulfonamides is 1. The number of hydrogen-bond donors (Lipinski definition) is 1. The van der Waals surface area contributed by atoms with Crippen LogP contribution in [0.5, 0.6) is 0 Å². The molecule has 2 aromatic carbocycles. The molecule has 2 fully saturated rings. The zero-order chi connectivity index (χ0) is 19.9. The predicted molar refractivity (Wildman–Crippen MR) is 102 cm³/mol. The van der Waals surface area contributed by atoms with Crippen LogP contribution in [0.2, 0.25) is 0 Å². The highest BCUT2D eigenvalue weighted by molar-refractivity contribution is 7.88. The summed E-state index contributed by atoms with van der Waals surface area (Å²) in [6, 6.07) is 11.8. The molecular formula is C21H23F2NO3S. The molecule has 2 aliphatic rings. The van der Waals surface area contributed by atoms with Crippen LogP contribution < -0.4 is 0 Å². The molecule has 28 heavy (non-hydrogen) atoms. The summed E-state index contributed by atoms with van der Waals surface area (Å²) >= 11 is 0. The minimum Gasteiger partial charge on any atom is -0.389 e. The number of nitrogens with zero attached hydrogens (tertiary/aromatic N) is 1. The summed E-state index contributed by atoms with van der Waals surface area (Å²) in [6.45, 7) is 0. The van der Waals surface area contributed by atoms with Crippen LogP contribution in [0, 0.1) is 11.6 Å². The van der Waals surface area contributed by atoms with Gasteiger partial charge in [-0.25, -0.2) is 17.2 Å². The van der Waals surface area contributed by atoms with Gasteiger partial charge in [0.25, 0.3) is 0 Å². The van der Waals surface area contributed by atoms with Gasteiger partial charge < -0.3 is 5.11 Å². The number of benzene rings is 2. The molecular weight excluding hydrogens is 384 g/mol. The summed E-state index contributed by atoms with van der Waals surface area (Å²) in [4.78, 5) is 0. The average molecular weight is 407 g/mol. The van der Waals surface area contributed by atoms with Gasteiger partial charge in [-0.1, -0.05) is 36.4 Å². The van der Waals surface area contributed by atoms with Crippen molar-refractivity contribution in [2.24, 2.45) is 0 Å². The van der Waals surface area contributed by atoms with Crippen molar-refractivity contribution in [3.8, 4) is 0 Å². The van der Waals surface area contributed by atoms with Crippen LogP contribution in [-0.4, -0.2) is 35.5 Å². The molecule has 0 spiro atoms. The molecule has 7 heteroatoms. The fraction of sp³-hybridized carbons (Fsp3) is 0.429. The molecule has 0 radical (unpaired) electrons. The number of hydrogen-bond acceptors (Lipinski definition) is 3. The fourth-order valence-corrected chi connectivity index (χ4v) is 6.79. The van der Waals surface area contributed by atoms with E-state index in [0.717, 1.165) is 11.6 Å². The van der Waals surface area contributed by atoms with Crippen molar-refractivity contribution in [1.82, 2.24) is 4.31 Å². The Bertz CT molecular complexity index is 951. The molecule has 2 aromatic rings. The van der Waals surface area contributed by atoms with Gasteiger partial charge in [0.05, 0.1) is 11.4 Å². The Balaban J connectivity index is 1.52. The van der Waals surface area contributed by atoms with E-state index in [0.29, 0.717) is 12.8 Å². The quantitative estimate of drug-likeness (QED) is 0.827. The van der Waals surface area contributed by atoms with E-state index in [4.69, 9.17) is 0 Å². The van der Waals surface area contributed by atoms with Crippen molar-refractivity contribution >= 4 is 10.0 Å².